The van der Waals surface area contributed by atoms with Crippen molar-refractivity contribution in [2.24, 2.45) is 5.73 Å². The largest absolute Gasteiger partial charge is 0.496 e. The molecule has 2 rings (SSSR count). The van der Waals surface area contributed by atoms with Crippen LogP contribution in [0.5, 0.6) is 5.75 Å². The molecule has 0 radical (unpaired) electrons. The van der Waals surface area contributed by atoms with Gasteiger partial charge in [-0.05, 0) is 25.1 Å². The highest BCUT2D eigenvalue weighted by molar-refractivity contribution is 5.42. The molecule has 0 aliphatic carbocycles. The third-order valence-electron chi connectivity index (χ3n) is 2.79. The maximum atomic E-state index is 12.8. The molecule has 2 N–H and O–H groups in total. The van der Waals surface area contributed by atoms with E-state index in [1.807, 2.05) is 25.1 Å². The molecule has 0 amide bonds. The monoisotopic (exact) mass is 246 g/mol. The summed E-state index contributed by atoms with van der Waals surface area (Å²) >= 11 is 0. The fraction of sp³-hybridized carbons (Fsp3) is 0.214. The van der Waals surface area contributed by atoms with E-state index in [0.717, 1.165) is 17.3 Å². The molecular weight excluding hydrogens is 231 g/mol. The van der Waals surface area contributed by atoms with Gasteiger partial charge in [-0.2, -0.15) is 0 Å². The van der Waals surface area contributed by atoms with E-state index in [2.05, 4.69) is 4.98 Å². The average Bonchev–Trinajstić information content (AvgIpc) is 2.39. The Bertz CT molecular complexity index is 540. The van der Waals surface area contributed by atoms with Crippen LogP contribution in [0.1, 0.15) is 22.9 Å². The number of benzene rings is 1. The van der Waals surface area contributed by atoms with Gasteiger partial charge in [0.15, 0.2) is 0 Å². The summed E-state index contributed by atoms with van der Waals surface area (Å²) in [5, 5.41) is 0. The van der Waals surface area contributed by atoms with Crippen LogP contribution in [-0.2, 0) is 0 Å². The van der Waals surface area contributed by atoms with E-state index in [9.17, 15) is 4.39 Å². The van der Waals surface area contributed by atoms with Crippen molar-refractivity contribution in [1.29, 1.82) is 0 Å². The highest BCUT2D eigenvalue weighted by Crippen LogP contribution is 2.28. The molecule has 1 heterocycles. The van der Waals surface area contributed by atoms with Crippen molar-refractivity contribution in [3.63, 3.8) is 0 Å². The van der Waals surface area contributed by atoms with Crippen molar-refractivity contribution in [1.82, 2.24) is 4.98 Å². The van der Waals surface area contributed by atoms with Crippen LogP contribution in [0.3, 0.4) is 0 Å². The highest BCUT2D eigenvalue weighted by Gasteiger charge is 2.15. The summed E-state index contributed by atoms with van der Waals surface area (Å²) in [6, 6.07) is 8.28. The van der Waals surface area contributed by atoms with Crippen molar-refractivity contribution in [2.75, 3.05) is 7.11 Å². The predicted octanol–water partition coefficient (Wildman–Crippen LogP) is 2.59. The van der Waals surface area contributed by atoms with Gasteiger partial charge in [0.2, 0.25) is 0 Å². The summed E-state index contributed by atoms with van der Waals surface area (Å²) < 4.78 is 18.1. The first-order chi connectivity index (χ1) is 8.61. The quantitative estimate of drug-likeness (QED) is 0.905. The molecule has 18 heavy (non-hydrogen) atoms. The molecule has 2 aromatic rings. The van der Waals surface area contributed by atoms with E-state index < -0.39 is 6.04 Å². The number of pyridine rings is 1. The third kappa shape index (κ3) is 2.49. The van der Waals surface area contributed by atoms with Crippen molar-refractivity contribution in [2.45, 2.75) is 13.0 Å². The van der Waals surface area contributed by atoms with Crippen LogP contribution < -0.4 is 10.5 Å². The second kappa shape index (κ2) is 5.14. The van der Waals surface area contributed by atoms with Crippen LogP contribution >= 0.6 is 0 Å². The van der Waals surface area contributed by atoms with Gasteiger partial charge < -0.3 is 10.5 Å². The molecule has 1 atom stereocenters. The lowest BCUT2D eigenvalue weighted by Crippen LogP contribution is -2.14. The summed E-state index contributed by atoms with van der Waals surface area (Å²) in [6.45, 7) is 1.98. The maximum absolute atomic E-state index is 12.8. The molecule has 0 spiro atoms. The first-order valence-corrected chi connectivity index (χ1v) is 5.63. The topological polar surface area (TPSA) is 48.1 Å². The Morgan fingerprint density at radius 2 is 2.06 bits per heavy atom. The van der Waals surface area contributed by atoms with Gasteiger partial charge in [-0.1, -0.05) is 17.7 Å². The number of aromatic nitrogens is 1. The van der Waals surface area contributed by atoms with Gasteiger partial charge in [-0.3, -0.25) is 4.98 Å². The second-order valence-electron chi connectivity index (χ2n) is 4.12. The fourth-order valence-corrected chi connectivity index (χ4v) is 1.83. The maximum Gasteiger partial charge on any atom is 0.141 e. The summed E-state index contributed by atoms with van der Waals surface area (Å²) in [6.07, 6.45) is 1.16. The molecule has 4 heteroatoms. The zero-order chi connectivity index (χ0) is 13.1. The van der Waals surface area contributed by atoms with E-state index >= 15 is 0 Å². The molecule has 94 valence electrons. The van der Waals surface area contributed by atoms with Gasteiger partial charge in [0, 0.05) is 5.56 Å². The number of nitrogens with two attached hydrogens (primary N) is 1. The number of aryl methyl sites for hydroxylation is 1. The van der Waals surface area contributed by atoms with Crippen LogP contribution in [0.25, 0.3) is 0 Å². The van der Waals surface area contributed by atoms with E-state index in [-0.39, 0.29) is 5.82 Å². The number of rotatable bonds is 3. The summed E-state index contributed by atoms with van der Waals surface area (Å²) in [4.78, 5) is 4.00. The normalized spacial score (nSPS) is 12.2. The highest BCUT2D eigenvalue weighted by atomic mass is 19.1. The Labute approximate surface area is 105 Å². The number of hydrogen-bond acceptors (Lipinski definition) is 3. The molecule has 0 fully saturated rings. The third-order valence-corrected chi connectivity index (χ3v) is 2.79. The van der Waals surface area contributed by atoms with E-state index in [1.165, 1.54) is 6.07 Å². The van der Waals surface area contributed by atoms with E-state index in [1.54, 1.807) is 13.2 Å². The van der Waals surface area contributed by atoms with Crippen LogP contribution in [-0.4, -0.2) is 12.1 Å². The zero-order valence-corrected chi connectivity index (χ0v) is 10.4. The van der Waals surface area contributed by atoms with Gasteiger partial charge in [-0.25, -0.2) is 4.39 Å². The van der Waals surface area contributed by atoms with Crippen molar-refractivity contribution in [3.05, 3.63) is 59.2 Å². The lowest BCUT2D eigenvalue weighted by molar-refractivity contribution is 0.407. The minimum atomic E-state index is -0.430. The minimum Gasteiger partial charge on any atom is -0.496 e. The van der Waals surface area contributed by atoms with Crippen molar-refractivity contribution in [3.8, 4) is 5.75 Å². The molecule has 0 saturated carbocycles. The van der Waals surface area contributed by atoms with Gasteiger partial charge in [0.05, 0.1) is 25.0 Å². The lowest BCUT2D eigenvalue weighted by atomic mass is 10.0. The van der Waals surface area contributed by atoms with Crippen LogP contribution in [0.15, 0.2) is 36.5 Å². The zero-order valence-electron chi connectivity index (χ0n) is 10.4. The van der Waals surface area contributed by atoms with Crippen LogP contribution in [0, 0.1) is 12.7 Å². The molecule has 1 aromatic heterocycles. The summed E-state index contributed by atoms with van der Waals surface area (Å²) in [7, 11) is 1.60. The minimum absolute atomic E-state index is 0.373. The van der Waals surface area contributed by atoms with Gasteiger partial charge in [0.25, 0.3) is 0 Å². The molecule has 0 saturated heterocycles. The Kier molecular flexibility index (Phi) is 3.58. The number of halogens is 1. The van der Waals surface area contributed by atoms with E-state index in [0.29, 0.717) is 11.4 Å². The lowest BCUT2D eigenvalue weighted by Gasteiger charge is -2.16. The molecule has 1 aromatic carbocycles. The van der Waals surface area contributed by atoms with Gasteiger partial charge in [-0.15, -0.1) is 0 Å². The standard InChI is InChI=1S/C14H15FN2O/c1-9-3-6-13(18-2)11(7-9)14(16)12-5-4-10(15)8-17-12/h3-8,14H,16H2,1-2H3. The Balaban J connectivity index is 2.41. The number of ether oxygens (including phenoxy) is 1. The molecule has 0 aliphatic rings. The van der Waals surface area contributed by atoms with E-state index in [4.69, 9.17) is 10.5 Å². The molecule has 3 nitrogen and oxygen atoms in total. The van der Waals surface area contributed by atoms with Crippen LogP contribution in [0.2, 0.25) is 0 Å². The SMILES string of the molecule is COc1ccc(C)cc1C(N)c1ccc(F)cn1. The Hall–Kier alpha value is -1.94. The Morgan fingerprint density at radius 1 is 1.28 bits per heavy atom. The number of hydrogen-bond donors (Lipinski definition) is 1. The molecular formula is C14H15FN2O. The molecule has 1 unspecified atom stereocenters. The molecule has 0 bridgehead atoms. The second-order valence-corrected chi connectivity index (χ2v) is 4.12. The average molecular weight is 246 g/mol. The van der Waals surface area contributed by atoms with Gasteiger partial charge in [0.1, 0.15) is 11.6 Å². The predicted molar refractivity (Wildman–Crippen MR) is 68.0 cm³/mol. The van der Waals surface area contributed by atoms with Crippen molar-refractivity contribution >= 4 is 0 Å². The number of nitrogens with zero attached hydrogens (tertiary/aromatic N) is 1. The number of methoxy groups -OCH3 is 1. The molecule has 0 aliphatic heterocycles. The Morgan fingerprint density at radius 3 is 2.67 bits per heavy atom. The first kappa shape index (κ1) is 12.5. The summed E-state index contributed by atoms with van der Waals surface area (Å²) in [5.41, 5.74) is 8.69. The smallest absolute Gasteiger partial charge is 0.141 e. The van der Waals surface area contributed by atoms with Crippen molar-refractivity contribution < 1.29 is 9.13 Å². The van der Waals surface area contributed by atoms with Crippen LogP contribution in [0.4, 0.5) is 4.39 Å². The fourth-order valence-electron chi connectivity index (χ4n) is 1.83. The summed E-state index contributed by atoms with van der Waals surface area (Å²) in [5.74, 6) is 0.335. The van der Waals surface area contributed by atoms with Gasteiger partial charge >= 0.3 is 0 Å². The first-order valence-electron chi connectivity index (χ1n) is 5.63.